The van der Waals surface area contributed by atoms with Gasteiger partial charge in [0.15, 0.2) is 5.13 Å². The molecule has 3 heterocycles. The second kappa shape index (κ2) is 6.05. The van der Waals surface area contributed by atoms with Crippen molar-refractivity contribution in [3.05, 3.63) is 41.7 Å². The molecule has 4 rings (SSSR count). The molecule has 0 bridgehead atoms. The number of hydrogen-bond acceptors (Lipinski definition) is 6. The molecule has 1 saturated heterocycles. The Balaban J connectivity index is 1.54. The minimum atomic E-state index is -0.326. The molecule has 0 radical (unpaired) electrons. The van der Waals surface area contributed by atoms with Crippen LogP contribution in [-0.4, -0.2) is 40.4 Å². The van der Waals surface area contributed by atoms with E-state index in [4.69, 9.17) is 0 Å². The molecule has 1 aliphatic heterocycles. The van der Waals surface area contributed by atoms with Crippen LogP contribution in [0.25, 0.3) is 10.3 Å². The number of aryl methyl sites for hydroxylation is 1. The molecule has 1 aromatic carbocycles. The fourth-order valence-electron chi connectivity index (χ4n) is 2.50. The van der Waals surface area contributed by atoms with Gasteiger partial charge in [-0.25, -0.2) is 14.4 Å². The largest absolute Gasteiger partial charge is 0.338 e. The van der Waals surface area contributed by atoms with Crippen molar-refractivity contribution in [2.75, 3.05) is 24.2 Å². The molecule has 2 atom stereocenters. The van der Waals surface area contributed by atoms with Crippen LogP contribution < -0.4 is 10.6 Å². The van der Waals surface area contributed by atoms with Crippen LogP contribution in [0.2, 0.25) is 0 Å². The number of pyridine rings is 1. The Kier molecular flexibility index (Phi) is 3.85. The topological polar surface area (TPSA) is 69.9 Å². The zero-order chi connectivity index (χ0) is 17.6. The number of likely N-dealkylation sites (N-methyl/N-ethyl adjacent to an activating group) is 1. The number of nitrogens with zero attached hydrogens (tertiary/aromatic N) is 3. The van der Waals surface area contributed by atoms with Gasteiger partial charge >= 0.3 is 0 Å². The lowest BCUT2D eigenvalue weighted by atomic mass is 10.2. The number of carbonyl (C=O) groups is 1. The Bertz CT molecular complexity index is 973. The van der Waals surface area contributed by atoms with E-state index in [9.17, 15) is 9.18 Å². The third kappa shape index (κ3) is 3.31. The van der Waals surface area contributed by atoms with Crippen molar-refractivity contribution in [2.45, 2.75) is 13.0 Å². The van der Waals surface area contributed by atoms with E-state index in [0.717, 1.165) is 12.1 Å². The summed E-state index contributed by atoms with van der Waals surface area (Å²) in [6.45, 7) is 2.61. The quantitative estimate of drug-likeness (QED) is 0.702. The van der Waals surface area contributed by atoms with Crippen LogP contribution in [0.3, 0.4) is 0 Å². The van der Waals surface area contributed by atoms with Gasteiger partial charge in [0.2, 0.25) is 5.91 Å². The number of rotatable bonds is 4. The minimum absolute atomic E-state index is 0.0540. The lowest BCUT2D eigenvalue weighted by Crippen LogP contribution is -2.20. The average Bonchev–Trinajstić information content (AvgIpc) is 3.16. The molecule has 3 aromatic rings. The van der Waals surface area contributed by atoms with E-state index < -0.39 is 0 Å². The fourth-order valence-corrected chi connectivity index (χ4v) is 3.34. The lowest BCUT2D eigenvalue weighted by molar-refractivity contribution is -0.116. The molecule has 0 spiro atoms. The van der Waals surface area contributed by atoms with Crippen molar-refractivity contribution in [3.63, 3.8) is 0 Å². The van der Waals surface area contributed by atoms with Crippen molar-refractivity contribution in [1.29, 1.82) is 0 Å². The Labute approximate surface area is 147 Å². The van der Waals surface area contributed by atoms with Crippen LogP contribution in [0.5, 0.6) is 0 Å². The maximum atomic E-state index is 14.0. The Morgan fingerprint density at radius 2 is 2.12 bits per heavy atom. The highest BCUT2D eigenvalue weighted by Crippen LogP contribution is 2.28. The van der Waals surface area contributed by atoms with E-state index in [1.54, 1.807) is 18.2 Å². The van der Waals surface area contributed by atoms with E-state index in [1.807, 2.05) is 24.9 Å². The van der Waals surface area contributed by atoms with Gasteiger partial charge in [-0.05, 0) is 43.8 Å². The molecule has 0 aliphatic carbocycles. The summed E-state index contributed by atoms with van der Waals surface area (Å²) < 4.78 is 14.0. The molecule has 0 saturated carbocycles. The summed E-state index contributed by atoms with van der Waals surface area (Å²) in [5.41, 5.74) is 1.92. The van der Waals surface area contributed by atoms with Crippen LogP contribution in [0, 0.1) is 12.7 Å². The van der Waals surface area contributed by atoms with Crippen LogP contribution >= 0.6 is 11.3 Å². The number of carbonyl (C=O) groups excluding carboxylic acids is 1. The predicted molar refractivity (Wildman–Crippen MR) is 96.9 cm³/mol. The first-order valence-corrected chi connectivity index (χ1v) is 8.63. The molecule has 2 N–H and O–H groups in total. The minimum Gasteiger partial charge on any atom is -0.338 e. The van der Waals surface area contributed by atoms with Crippen molar-refractivity contribution in [2.24, 2.45) is 0 Å². The highest BCUT2D eigenvalue weighted by Gasteiger charge is 2.37. The number of fused-ring (bicyclic) bond motifs is 1. The zero-order valence-corrected chi connectivity index (χ0v) is 14.5. The van der Waals surface area contributed by atoms with Gasteiger partial charge in [-0.3, -0.25) is 9.69 Å². The normalized spacial score (nSPS) is 19.0. The second-order valence-electron chi connectivity index (χ2n) is 6.09. The van der Waals surface area contributed by atoms with Crippen molar-refractivity contribution in [3.8, 4) is 0 Å². The number of benzene rings is 1. The van der Waals surface area contributed by atoms with Gasteiger partial charge in [0, 0.05) is 6.54 Å². The molecule has 25 heavy (non-hydrogen) atoms. The van der Waals surface area contributed by atoms with E-state index in [2.05, 4.69) is 20.6 Å². The molecular formula is C17H16FN5OS. The van der Waals surface area contributed by atoms with Gasteiger partial charge in [0.25, 0.3) is 0 Å². The van der Waals surface area contributed by atoms with Gasteiger partial charge in [0.1, 0.15) is 28.0 Å². The van der Waals surface area contributed by atoms with Crippen molar-refractivity contribution >= 4 is 44.2 Å². The smallest absolute Gasteiger partial charge is 0.244 e. The molecule has 1 fully saturated rings. The number of aromatic nitrogens is 2. The van der Waals surface area contributed by atoms with Crippen LogP contribution in [0.15, 0.2) is 30.3 Å². The number of thiazole rings is 1. The van der Waals surface area contributed by atoms with Gasteiger partial charge < -0.3 is 10.6 Å². The zero-order valence-electron chi connectivity index (χ0n) is 13.7. The van der Waals surface area contributed by atoms with Crippen molar-refractivity contribution in [1.82, 2.24) is 14.9 Å². The first-order valence-electron chi connectivity index (χ1n) is 7.81. The van der Waals surface area contributed by atoms with E-state index in [1.165, 1.54) is 17.4 Å². The number of amides is 1. The summed E-state index contributed by atoms with van der Waals surface area (Å²) in [6.07, 6.45) is 0. The third-order valence-corrected chi connectivity index (χ3v) is 4.92. The number of nitrogens with one attached hydrogen (secondary N) is 2. The molecule has 2 unspecified atom stereocenters. The second-order valence-corrected chi connectivity index (χ2v) is 7.07. The average molecular weight is 357 g/mol. The Hall–Kier alpha value is -2.58. The van der Waals surface area contributed by atoms with Gasteiger partial charge in [-0.2, -0.15) is 0 Å². The van der Waals surface area contributed by atoms with Gasteiger partial charge in [0.05, 0.1) is 5.69 Å². The first-order chi connectivity index (χ1) is 12.0. The SMILES string of the molecule is Cc1ccc(Nc2ccc3nc(NC(=O)C4CN4C)sc3n2)c(F)c1. The van der Waals surface area contributed by atoms with E-state index in [-0.39, 0.29) is 17.8 Å². The molecular weight excluding hydrogens is 341 g/mol. The molecule has 8 heteroatoms. The number of hydrogen-bond donors (Lipinski definition) is 2. The summed E-state index contributed by atoms with van der Waals surface area (Å²) >= 11 is 1.30. The van der Waals surface area contributed by atoms with Crippen LogP contribution in [-0.2, 0) is 4.79 Å². The molecule has 2 aromatic heterocycles. The predicted octanol–water partition coefficient (Wildman–Crippen LogP) is 3.13. The Morgan fingerprint density at radius 1 is 1.32 bits per heavy atom. The summed E-state index contributed by atoms with van der Waals surface area (Å²) in [5, 5.41) is 6.31. The summed E-state index contributed by atoms with van der Waals surface area (Å²) in [4.78, 5) is 23.4. The highest BCUT2D eigenvalue weighted by molar-refractivity contribution is 7.22. The number of anilines is 3. The van der Waals surface area contributed by atoms with Crippen LogP contribution in [0.1, 0.15) is 5.56 Å². The van der Waals surface area contributed by atoms with E-state index in [0.29, 0.717) is 27.0 Å². The third-order valence-electron chi connectivity index (χ3n) is 4.04. The molecule has 1 aliphatic rings. The van der Waals surface area contributed by atoms with Gasteiger partial charge in [-0.1, -0.05) is 17.4 Å². The molecule has 6 nitrogen and oxygen atoms in total. The molecule has 128 valence electrons. The monoisotopic (exact) mass is 357 g/mol. The van der Waals surface area contributed by atoms with Gasteiger partial charge in [-0.15, -0.1) is 0 Å². The lowest BCUT2D eigenvalue weighted by Gasteiger charge is -2.07. The maximum Gasteiger partial charge on any atom is 0.244 e. The fraction of sp³-hybridized carbons (Fsp3) is 0.235. The van der Waals surface area contributed by atoms with Crippen LogP contribution in [0.4, 0.5) is 21.0 Å². The summed E-state index contributed by atoms with van der Waals surface area (Å²) in [7, 11) is 1.90. The standard InChI is InChI=1S/C17H16FN5OS/c1-9-3-4-11(10(18)7-9)19-14-6-5-12-16(21-14)25-17(20-12)22-15(24)13-8-23(13)2/h3-7,13H,8H2,1-2H3,(H,19,21)(H,20,22,24). The first kappa shape index (κ1) is 15.9. The highest BCUT2D eigenvalue weighted by atomic mass is 32.1. The summed E-state index contributed by atoms with van der Waals surface area (Å²) in [6, 6.07) is 8.45. The molecule has 1 amide bonds. The van der Waals surface area contributed by atoms with Crippen molar-refractivity contribution < 1.29 is 9.18 Å². The maximum absolute atomic E-state index is 14.0. The summed E-state index contributed by atoms with van der Waals surface area (Å²) in [5.74, 6) is 0.146. The van der Waals surface area contributed by atoms with E-state index >= 15 is 0 Å². The number of halogens is 1. The Morgan fingerprint density at radius 3 is 2.84 bits per heavy atom.